The number of benzene rings is 1. The Hall–Kier alpha value is -1.68. The third-order valence-electron chi connectivity index (χ3n) is 3.80. The monoisotopic (exact) mass is 290 g/mol. The molecule has 21 heavy (non-hydrogen) atoms. The van der Waals surface area contributed by atoms with Crippen molar-refractivity contribution in [3.05, 3.63) is 48.3 Å². The van der Waals surface area contributed by atoms with Crippen molar-refractivity contribution in [3.8, 4) is 0 Å². The molecule has 1 atom stereocenters. The molecule has 2 rings (SSSR count). The number of allylic oxidation sites excluding steroid dienone is 1. The lowest BCUT2D eigenvalue weighted by atomic mass is 10.0. The van der Waals surface area contributed by atoms with Crippen LogP contribution in [0.1, 0.15) is 31.2 Å². The predicted octanol–water partition coefficient (Wildman–Crippen LogP) is 2.87. The highest BCUT2D eigenvalue weighted by molar-refractivity contribution is 5.76. The number of nitrogens with one attached hydrogen (secondary N) is 1. The fourth-order valence-electron chi connectivity index (χ4n) is 2.72. The Morgan fingerprint density at radius 3 is 3.05 bits per heavy atom. The third-order valence-corrected chi connectivity index (χ3v) is 3.80. The number of amides is 1. The van der Waals surface area contributed by atoms with E-state index in [1.165, 1.54) is 6.07 Å². The number of likely N-dealkylation sites (tertiary alicyclic amines) is 1. The average molecular weight is 290 g/mol. The number of hydrogen-bond acceptors (Lipinski definition) is 2. The second-order valence-corrected chi connectivity index (χ2v) is 5.56. The van der Waals surface area contributed by atoms with Crippen molar-refractivity contribution >= 4 is 5.91 Å². The summed E-state index contributed by atoms with van der Waals surface area (Å²) < 4.78 is 13.7. The lowest BCUT2D eigenvalue weighted by Gasteiger charge is -2.33. The SMILES string of the molecule is C=CCCC(=O)NC1CCCN(Cc2ccccc2F)C1. The van der Waals surface area contributed by atoms with E-state index in [1.54, 1.807) is 12.1 Å². The first-order valence-corrected chi connectivity index (χ1v) is 7.55. The summed E-state index contributed by atoms with van der Waals surface area (Å²) in [6.45, 7) is 5.96. The molecule has 114 valence electrons. The van der Waals surface area contributed by atoms with Crippen molar-refractivity contribution in [3.63, 3.8) is 0 Å². The molecule has 1 aliphatic heterocycles. The van der Waals surface area contributed by atoms with Gasteiger partial charge >= 0.3 is 0 Å². The molecule has 3 nitrogen and oxygen atoms in total. The molecule has 1 unspecified atom stereocenters. The highest BCUT2D eigenvalue weighted by Crippen LogP contribution is 2.15. The van der Waals surface area contributed by atoms with E-state index in [4.69, 9.17) is 0 Å². The Morgan fingerprint density at radius 2 is 2.29 bits per heavy atom. The number of halogens is 1. The molecular formula is C17H23FN2O. The van der Waals surface area contributed by atoms with Crippen LogP contribution in [0.25, 0.3) is 0 Å². The highest BCUT2D eigenvalue weighted by atomic mass is 19.1. The van der Waals surface area contributed by atoms with Gasteiger partial charge in [-0.25, -0.2) is 4.39 Å². The first-order valence-electron chi connectivity index (χ1n) is 7.55. The fourth-order valence-corrected chi connectivity index (χ4v) is 2.72. The van der Waals surface area contributed by atoms with E-state index in [0.29, 0.717) is 19.4 Å². The van der Waals surface area contributed by atoms with E-state index < -0.39 is 0 Å². The molecule has 0 radical (unpaired) electrons. The summed E-state index contributed by atoms with van der Waals surface area (Å²) in [5.74, 6) is -0.0812. The first kappa shape index (κ1) is 15.7. The Balaban J connectivity index is 1.84. The van der Waals surface area contributed by atoms with Crippen LogP contribution >= 0.6 is 0 Å². The van der Waals surface area contributed by atoms with Crippen LogP contribution in [-0.2, 0) is 11.3 Å². The number of piperidine rings is 1. The number of hydrogen-bond donors (Lipinski definition) is 1. The second-order valence-electron chi connectivity index (χ2n) is 5.56. The zero-order chi connectivity index (χ0) is 15.1. The molecule has 4 heteroatoms. The van der Waals surface area contributed by atoms with E-state index in [9.17, 15) is 9.18 Å². The van der Waals surface area contributed by atoms with Crippen LogP contribution in [0.15, 0.2) is 36.9 Å². The summed E-state index contributed by atoms with van der Waals surface area (Å²) in [5.41, 5.74) is 0.719. The lowest BCUT2D eigenvalue weighted by Crippen LogP contribution is -2.47. The molecule has 0 bridgehead atoms. The molecule has 0 aromatic heterocycles. The minimum atomic E-state index is -0.158. The molecule has 1 saturated heterocycles. The maximum Gasteiger partial charge on any atom is 0.220 e. The van der Waals surface area contributed by atoms with Gasteiger partial charge in [-0.3, -0.25) is 9.69 Å². The summed E-state index contributed by atoms with van der Waals surface area (Å²) in [5, 5.41) is 3.06. The molecule has 1 amide bonds. The van der Waals surface area contributed by atoms with E-state index in [0.717, 1.165) is 31.5 Å². The van der Waals surface area contributed by atoms with Crippen molar-refractivity contribution in [2.24, 2.45) is 0 Å². The summed E-state index contributed by atoms with van der Waals surface area (Å²) in [4.78, 5) is 14.0. The molecule has 1 heterocycles. The zero-order valence-electron chi connectivity index (χ0n) is 12.4. The van der Waals surface area contributed by atoms with Gasteiger partial charge in [0.2, 0.25) is 5.91 Å². The van der Waals surface area contributed by atoms with Crippen LogP contribution < -0.4 is 5.32 Å². The summed E-state index contributed by atoms with van der Waals surface area (Å²) >= 11 is 0. The van der Waals surface area contributed by atoms with Gasteiger partial charge in [0.25, 0.3) is 0 Å². The minimum Gasteiger partial charge on any atom is -0.352 e. The van der Waals surface area contributed by atoms with Crippen LogP contribution in [0.2, 0.25) is 0 Å². The molecule has 1 aromatic rings. The van der Waals surface area contributed by atoms with Gasteiger partial charge in [0.15, 0.2) is 0 Å². The third kappa shape index (κ3) is 4.97. The van der Waals surface area contributed by atoms with Gasteiger partial charge in [-0.1, -0.05) is 24.3 Å². The van der Waals surface area contributed by atoms with Gasteiger partial charge in [0, 0.05) is 31.1 Å². The van der Waals surface area contributed by atoms with E-state index in [1.807, 2.05) is 12.1 Å². The topological polar surface area (TPSA) is 32.3 Å². The maximum absolute atomic E-state index is 13.7. The highest BCUT2D eigenvalue weighted by Gasteiger charge is 2.21. The Labute approximate surface area is 125 Å². The Kier molecular flexibility index (Phi) is 5.93. The minimum absolute atomic E-state index is 0.0765. The fraction of sp³-hybridized carbons (Fsp3) is 0.471. The van der Waals surface area contributed by atoms with Gasteiger partial charge in [0.05, 0.1) is 0 Å². The van der Waals surface area contributed by atoms with Crippen molar-refractivity contribution in [2.75, 3.05) is 13.1 Å². The number of carbonyl (C=O) groups is 1. The molecule has 0 aliphatic carbocycles. The van der Waals surface area contributed by atoms with Crippen molar-refractivity contribution in [1.29, 1.82) is 0 Å². The van der Waals surface area contributed by atoms with Crippen LogP contribution in [-0.4, -0.2) is 29.9 Å². The van der Waals surface area contributed by atoms with Crippen molar-refractivity contribution in [2.45, 2.75) is 38.3 Å². The van der Waals surface area contributed by atoms with E-state index in [-0.39, 0.29) is 17.8 Å². The quantitative estimate of drug-likeness (QED) is 0.817. The van der Waals surface area contributed by atoms with Gasteiger partial charge < -0.3 is 5.32 Å². The first-order chi connectivity index (χ1) is 10.2. The summed E-state index contributed by atoms with van der Waals surface area (Å²) in [6.07, 6.45) is 4.98. The van der Waals surface area contributed by atoms with Crippen LogP contribution in [0.4, 0.5) is 4.39 Å². The molecular weight excluding hydrogens is 267 g/mol. The lowest BCUT2D eigenvalue weighted by molar-refractivity contribution is -0.122. The van der Waals surface area contributed by atoms with Gasteiger partial charge in [-0.05, 0) is 31.9 Å². The number of nitrogens with zero attached hydrogens (tertiary/aromatic N) is 1. The van der Waals surface area contributed by atoms with Crippen LogP contribution in [0.5, 0.6) is 0 Å². The van der Waals surface area contributed by atoms with E-state index >= 15 is 0 Å². The van der Waals surface area contributed by atoms with Gasteiger partial charge in [-0.2, -0.15) is 0 Å². The van der Waals surface area contributed by atoms with Crippen molar-refractivity contribution in [1.82, 2.24) is 10.2 Å². The van der Waals surface area contributed by atoms with Crippen LogP contribution in [0.3, 0.4) is 0 Å². The molecule has 1 aliphatic rings. The Bertz CT molecular complexity index is 489. The van der Waals surface area contributed by atoms with Crippen LogP contribution in [0, 0.1) is 5.82 Å². The summed E-state index contributed by atoms with van der Waals surface area (Å²) in [6, 6.07) is 7.05. The smallest absolute Gasteiger partial charge is 0.220 e. The van der Waals surface area contributed by atoms with Gasteiger partial charge in [0.1, 0.15) is 5.82 Å². The standard InChI is InChI=1S/C17H23FN2O/c1-2-3-10-17(21)19-15-8-6-11-20(13-15)12-14-7-4-5-9-16(14)18/h2,4-5,7,9,15H,1,3,6,8,10-13H2,(H,19,21). The molecule has 1 N–H and O–H groups in total. The molecule has 0 saturated carbocycles. The molecule has 0 spiro atoms. The van der Waals surface area contributed by atoms with Crippen molar-refractivity contribution < 1.29 is 9.18 Å². The zero-order valence-corrected chi connectivity index (χ0v) is 12.4. The van der Waals surface area contributed by atoms with Gasteiger partial charge in [-0.15, -0.1) is 6.58 Å². The molecule has 1 aromatic carbocycles. The second kappa shape index (κ2) is 7.93. The summed E-state index contributed by atoms with van der Waals surface area (Å²) in [7, 11) is 0. The van der Waals surface area contributed by atoms with E-state index in [2.05, 4.69) is 16.8 Å². The molecule has 1 fully saturated rings. The normalized spacial score (nSPS) is 19.2. The average Bonchev–Trinajstić information content (AvgIpc) is 2.48. The maximum atomic E-state index is 13.7. The number of carbonyl (C=O) groups excluding carboxylic acids is 1. The number of rotatable bonds is 6. The predicted molar refractivity (Wildman–Crippen MR) is 82.3 cm³/mol. The largest absolute Gasteiger partial charge is 0.352 e. The Morgan fingerprint density at radius 1 is 1.48 bits per heavy atom.